The van der Waals surface area contributed by atoms with Crippen LogP contribution in [0.3, 0.4) is 0 Å². The molecule has 1 saturated carbocycles. The molecule has 166 valence electrons. The Morgan fingerprint density at radius 2 is 1.94 bits per heavy atom. The van der Waals surface area contributed by atoms with Gasteiger partial charge in [0, 0.05) is 36.3 Å². The second-order valence-corrected chi connectivity index (χ2v) is 8.91. The molecule has 3 aromatic heterocycles. The zero-order valence-corrected chi connectivity index (χ0v) is 18.7. The van der Waals surface area contributed by atoms with E-state index in [0.717, 1.165) is 35.2 Å². The number of aryl methyl sites for hydroxylation is 2. The van der Waals surface area contributed by atoms with Gasteiger partial charge >= 0.3 is 0 Å². The fraction of sp³-hybridized carbons (Fsp3) is 0.333. The number of nitrogens with one attached hydrogen (secondary N) is 1. The molecular weight excluding hydrogens is 418 g/mol. The zero-order valence-electron chi connectivity index (χ0n) is 18.7. The fourth-order valence-corrected chi connectivity index (χ4v) is 4.25. The number of carbonyl (C=O) groups excluding carboxylic acids is 1. The van der Waals surface area contributed by atoms with Crippen LogP contribution in [0.5, 0.6) is 0 Å². The van der Waals surface area contributed by atoms with Gasteiger partial charge in [-0.05, 0) is 44.7 Å². The van der Waals surface area contributed by atoms with Gasteiger partial charge in [-0.3, -0.25) is 4.79 Å². The molecule has 6 rings (SSSR count). The quantitative estimate of drug-likeness (QED) is 0.506. The molecule has 1 atom stereocenters. The number of carbonyl (C=O) groups is 1. The van der Waals surface area contributed by atoms with Gasteiger partial charge in [0.05, 0.1) is 12.2 Å². The first-order valence-corrected chi connectivity index (χ1v) is 11.0. The average molecular weight is 441 g/mol. The number of ether oxygens (including phenoxy) is 1. The average Bonchev–Trinajstić information content (AvgIpc) is 3.55. The van der Waals surface area contributed by atoms with Crippen LogP contribution < -0.4 is 5.32 Å². The van der Waals surface area contributed by atoms with E-state index < -0.39 is 5.60 Å². The zero-order chi connectivity index (χ0) is 22.7. The number of amides is 1. The summed E-state index contributed by atoms with van der Waals surface area (Å²) in [5, 5.41) is 2.96. The molecule has 1 aromatic carbocycles. The minimum absolute atomic E-state index is 0.136. The molecule has 1 aliphatic heterocycles. The molecule has 4 heterocycles. The van der Waals surface area contributed by atoms with Crippen LogP contribution in [0.2, 0.25) is 0 Å². The molecule has 1 aliphatic carbocycles. The lowest BCUT2D eigenvalue weighted by atomic mass is 9.94. The van der Waals surface area contributed by atoms with Crippen LogP contribution in [-0.2, 0) is 22.2 Å². The molecule has 4 aromatic rings. The van der Waals surface area contributed by atoms with Gasteiger partial charge in [0.25, 0.3) is 5.91 Å². The number of benzene rings is 1. The van der Waals surface area contributed by atoms with Gasteiger partial charge in [-0.2, -0.15) is 0 Å². The normalized spacial score (nSPS) is 19.7. The van der Waals surface area contributed by atoms with E-state index in [1.807, 2.05) is 43.7 Å². The highest BCUT2D eigenvalue weighted by Crippen LogP contribution is 2.43. The monoisotopic (exact) mass is 441 g/mol. The van der Waals surface area contributed by atoms with E-state index in [9.17, 15) is 4.79 Å². The number of nitrogens with zero attached hydrogens (tertiary/aromatic N) is 6. The molecule has 2 aliphatic rings. The van der Waals surface area contributed by atoms with Gasteiger partial charge in [-0.1, -0.05) is 6.07 Å². The summed E-state index contributed by atoms with van der Waals surface area (Å²) in [5.74, 6) is 1.83. The summed E-state index contributed by atoms with van der Waals surface area (Å²) in [6, 6.07) is 5.82. The Kier molecular flexibility index (Phi) is 4.31. The van der Waals surface area contributed by atoms with Crippen molar-refractivity contribution in [3.8, 4) is 22.6 Å². The summed E-state index contributed by atoms with van der Waals surface area (Å²) in [6.45, 7) is 4.28. The Hall–Kier alpha value is -3.72. The van der Waals surface area contributed by atoms with Gasteiger partial charge in [0.1, 0.15) is 29.2 Å². The Bertz CT molecular complexity index is 1410. The van der Waals surface area contributed by atoms with Crippen molar-refractivity contribution in [2.75, 3.05) is 11.9 Å². The van der Waals surface area contributed by atoms with Crippen molar-refractivity contribution >= 4 is 22.8 Å². The third-order valence-electron chi connectivity index (χ3n) is 6.49. The summed E-state index contributed by atoms with van der Waals surface area (Å²) >= 11 is 0. The second kappa shape index (κ2) is 7.14. The van der Waals surface area contributed by atoms with Crippen LogP contribution in [0.15, 0.2) is 36.9 Å². The standard InChI is InChI=1S/C24H23N7O2/c1-13-25-9-16(10-26-13)21-30-20-19(27-12-28-22(20)31(21)3)15-6-7-18-17(8-15)24(2,23(32)29-18)33-11-14-4-5-14/h6-10,12,14H,4-5,11H2,1-3H3,(H,29,32). The van der Waals surface area contributed by atoms with E-state index >= 15 is 0 Å². The lowest BCUT2D eigenvalue weighted by Crippen LogP contribution is -2.34. The van der Waals surface area contributed by atoms with Crippen LogP contribution in [0.4, 0.5) is 5.69 Å². The first kappa shape index (κ1) is 19.9. The number of anilines is 1. The molecule has 1 amide bonds. The summed E-state index contributed by atoms with van der Waals surface area (Å²) in [6.07, 6.45) is 7.38. The van der Waals surface area contributed by atoms with Crippen LogP contribution in [0, 0.1) is 12.8 Å². The van der Waals surface area contributed by atoms with E-state index in [-0.39, 0.29) is 5.91 Å². The van der Waals surface area contributed by atoms with Crippen LogP contribution in [-0.4, -0.2) is 42.0 Å². The first-order valence-electron chi connectivity index (χ1n) is 11.0. The van der Waals surface area contributed by atoms with E-state index in [4.69, 9.17) is 9.72 Å². The van der Waals surface area contributed by atoms with Gasteiger partial charge < -0.3 is 14.6 Å². The third-order valence-corrected chi connectivity index (χ3v) is 6.49. The number of imidazole rings is 1. The Morgan fingerprint density at radius 3 is 2.70 bits per heavy atom. The molecule has 1 fully saturated rings. The SMILES string of the molecule is Cc1ncc(-c2nc3c(-c4ccc5c(c4)C(C)(OCC4CC4)C(=O)N5)ncnc3n2C)cn1. The molecule has 0 bridgehead atoms. The molecule has 1 unspecified atom stereocenters. The predicted molar refractivity (Wildman–Crippen MR) is 122 cm³/mol. The predicted octanol–water partition coefficient (Wildman–Crippen LogP) is 3.39. The van der Waals surface area contributed by atoms with Gasteiger partial charge in [-0.15, -0.1) is 0 Å². The maximum Gasteiger partial charge on any atom is 0.261 e. The van der Waals surface area contributed by atoms with E-state index in [1.165, 1.54) is 6.33 Å². The minimum atomic E-state index is -1.02. The highest BCUT2D eigenvalue weighted by atomic mass is 16.5. The van der Waals surface area contributed by atoms with Gasteiger partial charge in [-0.25, -0.2) is 24.9 Å². The lowest BCUT2D eigenvalue weighted by molar-refractivity contribution is -0.139. The highest BCUT2D eigenvalue weighted by molar-refractivity contribution is 6.05. The fourth-order valence-electron chi connectivity index (χ4n) is 4.25. The maximum atomic E-state index is 12.8. The largest absolute Gasteiger partial charge is 0.360 e. The molecule has 9 heteroatoms. The number of fused-ring (bicyclic) bond motifs is 2. The second-order valence-electron chi connectivity index (χ2n) is 8.91. The van der Waals surface area contributed by atoms with E-state index in [2.05, 4.69) is 25.3 Å². The molecule has 1 N–H and O–H groups in total. The number of rotatable bonds is 5. The van der Waals surface area contributed by atoms with Crippen molar-refractivity contribution in [3.63, 3.8) is 0 Å². The Balaban J connectivity index is 1.45. The van der Waals surface area contributed by atoms with E-state index in [1.54, 1.807) is 12.4 Å². The number of aromatic nitrogens is 6. The van der Waals surface area contributed by atoms with Crippen molar-refractivity contribution in [2.45, 2.75) is 32.3 Å². The van der Waals surface area contributed by atoms with Gasteiger partial charge in [0.2, 0.25) is 0 Å². The van der Waals surface area contributed by atoms with Crippen molar-refractivity contribution in [3.05, 3.63) is 48.3 Å². The third kappa shape index (κ3) is 3.19. The number of hydrogen-bond donors (Lipinski definition) is 1. The molecule has 0 saturated heterocycles. The van der Waals surface area contributed by atoms with Crippen molar-refractivity contribution in [1.82, 2.24) is 29.5 Å². The van der Waals surface area contributed by atoms with Crippen LogP contribution in [0.25, 0.3) is 33.8 Å². The topological polar surface area (TPSA) is 108 Å². The summed E-state index contributed by atoms with van der Waals surface area (Å²) in [5.41, 5.74) is 4.30. The summed E-state index contributed by atoms with van der Waals surface area (Å²) in [7, 11) is 1.91. The Morgan fingerprint density at radius 1 is 1.15 bits per heavy atom. The maximum absolute atomic E-state index is 12.8. The minimum Gasteiger partial charge on any atom is -0.360 e. The molecule has 9 nitrogen and oxygen atoms in total. The Labute approximate surface area is 190 Å². The summed E-state index contributed by atoms with van der Waals surface area (Å²) < 4.78 is 8.06. The first-order chi connectivity index (χ1) is 15.9. The van der Waals surface area contributed by atoms with Crippen molar-refractivity contribution < 1.29 is 9.53 Å². The molecule has 0 spiro atoms. The van der Waals surface area contributed by atoms with Crippen LogP contribution in [0.1, 0.15) is 31.2 Å². The van der Waals surface area contributed by atoms with Crippen molar-refractivity contribution in [1.29, 1.82) is 0 Å². The van der Waals surface area contributed by atoms with E-state index in [0.29, 0.717) is 41.0 Å². The van der Waals surface area contributed by atoms with Crippen molar-refractivity contribution in [2.24, 2.45) is 13.0 Å². The molecule has 33 heavy (non-hydrogen) atoms. The lowest BCUT2D eigenvalue weighted by Gasteiger charge is -2.23. The summed E-state index contributed by atoms with van der Waals surface area (Å²) in [4.78, 5) is 35.2. The smallest absolute Gasteiger partial charge is 0.261 e. The molecule has 0 radical (unpaired) electrons. The van der Waals surface area contributed by atoms with Crippen LogP contribution >= 0.6 is 0 Å². The molecular formula is C24H23N7O2. The number of hydrogen-bond acceptors (Lipinski definition) is 7. The highest BCUT2D eigenvalue weighted by Gasteiger charge is 2.45. The van der Waals surface area contributed by atoms with Gasteiger partial charge in [0.15, 0.2) is 11.2 Å².